The number of fused-ring (bicyclic) bond motifs is 1. The second kappa shape index (κ2) is 5.98. The van der Waals surface area contributed by atoms with Crippen LogP contribution in [0, 0.1) is 0 Å². The lowest BCUT2D eigenvalue weighted by molar-refractivity contribution is 0.0766. The fourth-order valence-electron chi connectivity index (χ4n) is 2.75. The van der Waals surface area contributed by atoms with Crippen LogP contribution in [0.3, 0.4) is 0 Å². The monoisotopic (exact) mass is 301 g/mol. The van der Waals surface area contributed by atoms with Crippen molar-refractivity contribution in [2.24, 2.45) is 0 Å². The zero-order chi connectivity index (χ0) is 14.8. The minimum Gasteiger partial charge on any atom is -0.493 e. The summed E-state index contributed by atoms with van der Waals surface area (Å²) in [5, 5.41) is 2.27. The summed E-state index contributed by atoms with van der Waals surface area (Å²) in [6.45, 7) is 5.39. The third-order valence-electron chi connectivity index (χ3n) is 3.80. The Bertz CT molecular complexity index is 671. The van der Waals surface area contributed by atoms with Crippen molar-refractivity contribution >= 4 is 28.4 Å². The second-order valence-corrected chi connectivity index (χ2v) is 6.49. The molecule has 110 valence electrons. The average Bonchev–Trinajstić information content (AvgIpc) is 2.93. The fraction of sp³-hybridized carbons (Fsp3) is 0.353. The highest BCUT2D eigenvalue weighted by Crippen LogP contribution is 2.32. The third-order valence-corrected chi connectivity index (χ3v) is 4.95. The predicted molar refractivity (Wildman–Crippen MR) is 88.1 cm³/mol. The number of amides is 1. The van der Waals surface area contributed by atoms with Crippen LogP contribution in [0.15, 0.2) is 36.4 Å². The van der Waals surface area contributed by atoms with E-state index in [0.29, 0.717) is 17.9 Å². The van der Waals surface area contributed by atoms with E-state index in [1.165, 1.54) is 0 Å². The SMILES string of the molecule is CCOc1ccc2ccccc2c1C(=O)N1CCSC1C. The maximum atomic E-state index is 13.0. The van der Waals surface area contributed by atoms with E-state index in [4.69, 9.17) is 4.74 Å². The van der Waals surface area contributed by atoms with E-state index in [-0.39, 0.29) is 11.3 Å². The van der Waals surface area contributed by atoms with Gasteiger partial charge >= 0.3 is 0 Å². The molecular formula is C17H19NO2S. The normalized spacial score (nSPS) is 18.2. The molecule has 0 bridgehead atoms. The zero-order valence-electron chi connectivity index (χ0n) is 12.3. The Balaban J connectivity index is 2.13. The van der Waals surface area contributed by atoms with Crippen molar-refractivity contribution in [1.82, 2.24) is 4.90 Å². The highest BCUT2D eigenvalue weighted by atomic mass is 32.2. The second-order valence-electron chi connectivity index (χ2n) is 5.06. The number of hydrogen-bond acceptors (Lipinski definition) is 3. The van der Waals surface area contributed by atoms with Gasteiger partial charge in [0.1, 0.15) is 5.75 Å². The quantitative estimate of drug-likeness (QED) is 0.864. The van der Waals surface area contributed by atoms with Crippen molar-refractivity contribution in [2.45, 2.75) is 19.2 Å². The molecule has 1 fully saturated rings. The van der Waals surface area contributed by atoms with Gasteiger partial charge in [-0.25, -0.2) is 0 Å². The number of carbonyl (C=O) groups excluding carboxylic acids is 1. The summed E-state index contributed by atoms with van der Waals surface area (Å²) in [7, 11) is 0. The zero-order valence-corrected chi connectivity index (χ0v) is 13.2. The molecule has 0 aromatic heterocycles. The van der Waals surface area contributed by atoms with E-state index in [1.54, 1.807) is 0 Å². The Hall–Kier alpha value is -1.68. The first kappa shape index (κ1) is 14.3. The summed E-state index contributed by atoms with van der Waals surface area (Å²) in [6.07, 6.45) is 0. The van der Waals surface area contributed by atoms with Gasteiger partial charge in [0.05, 0.1) is 17.5 Å². The molecule has 21 heavy (non-hydrogen) atoms. The number of benzene rings is 2. The summed E-state index contributed by atoms with van der Waals surface area (Å²) in [4.78, 5) is 14.9. The Morgan fingerprint density at radius 2 is 2.14 bits per heavy atom. The maximum absolute atomic E-state index is 13.0. The Morgan fingerprint density at radius 1 is 1.33 bits per heavy atom. The molecule has 0 radical (unpaired) electrons. The number of thioether (sulfide) groups is 1. The molecule has 1 unspecified atom stereocenters. The van der Waals surface area contributed by atoms with E-state index < -0.39 is 0 Å². The van der Waals surface area contributed by atoms with Crippen LogP contribution in [0.2, 0.25) is 0 Å². The molecule has 0 N–H and O–H groups in total. The van der Waals surface area contributed by atoms with Crippen LogP contribution in [0.4, 0.5) is 0 Å². The summed E-state index contributed by atoms with van der Waals surface area (Å²) in [6, 6.07) is 11.9. The molecule has 1 atom stereocenters. The van der Waals surface area contributed by atoms with Crippen LogP contribution in [0.25, 0.3) is 10.8 Å². The molecule has 0 aliphatic carbocycles. The van der Waals surface area contributed by atoms with Gasteiger partial charge in [-0.3, -0.25) is 4.79 Å². The molecule has 1 aliphatic heterocycles. The first-order valence-corrected chi connectivity index (χ1v) is 8.34. The highest BCUT2D eigenvalue weighted by molar-refractivity contribution is 8.00. The van der Waals surface area contributed by atoms with Crippen molar-refractivity contribution in [3.05, 3.63) is 42.0 Å². The van der Waals surface area contributed by atoms with E-state index in [2.05, 4.69) is 6.92 Å². The molecular weight excluding hydrogens is 282 g/mol. The Labute approximate surface area is 129 Å². The standard InChI is InChI=1S/C17H19NO2S/c1-3-20-15-9-8-13-6-4-5-7-14(13)16(15)17(19)18-10-11-21-12(18)2/h4-9,12H,3,10-11H2,1-2H3. The van der Waals surface area contributed by atoms with Crippen molar-refractivity contribution in [3.8, 4) is 5.75 Å². The fourth-order valence-corrected chi connectivity index (χ4v) is 3.78. The van der Waals surface area contributed by atoms with Crippen LogP contribution in [0.5, 0.6) is 5.75 Å². The lowest BCUT2D eigenvalue weighted by atomic mass is 10.0. The van der Waals surface area contributed by atoms with E-state index >= 15 is 0 Å². The number of ether oxygens (including phenoxy) is 1. The summed E-state index contributed by atoms with van der Waals surface area (Å²) >= 11 is 1.82. The smallest absolute Gasteiger partial charge is 0.259 e. The molecule has 1 saturated heterocycles. The molecule has 1 amide bonds. The predicted octanol–water partition coefficient (Wildman–Crippen LogP) is 3.77. The van der Waals surface area contributed by atoms with Gasteiger partial charge < -0.3 is 9.64 Å². The summed E-state index contributed by atoms with van der Waals surface area (Å²) < 4.78 is 5.71. The van der Waals surface area contributed by atoms with Crippen LogP contribution < -0.4 is 4.74 Å². The minimum absolute atomic E-state index is 0.0766. The molecule has 1 heterocycles. The number of nitrogens with zero attached hydrogens (tertiary/aromatic N) is 1. The van der Waals surface area contributed by atoms with Gasteiger partial charge in [-0.15, -0.1) is 11.8 Å². The van der Waals surface area contributed by atoms with Crippen molar-refractivity contribution in [2.75, 3.05) is 18.9 Å². The number of hydrogen-bond donors (Lipinski definition) is 0. The van der Waals surface area contributed by atoms with E-state index in [1.807, 2.05) is 60.0 Å². The molecule has 3 rings (SSSR count). The van der Waals surface area contributed by atoms with Gasteiger partial charge in [-0.1, -0.05) is 30.3 Å². The molecule has 4 heteroatoms. The topological polar surface area (TPSA) is 29.5 Å². The van der Waals surface area contributed by atoms with Gasteiger partial charge in [-0.05, 0) is 30.7 Å². The van der Waals surface area contributed by atoms with Crippen LogP contribution >= 0.6 is 11.8 Å². The molecule has 2 aromatic carbocycles. The van der Waals surface area contributed by atoms with Gasteiger partial charge in [0.15, 0.2) is 0 Å². The van der Waals surface area contributed by atoms with E-state index in [0.717, 1.165) is 23.1 Å². The maximum Gasteiger partial charge on any atom is 0.259 e. The molecule has 2 aromatic rings. The third kappa shape index (κ3) is 2.60. The molecule has 0 saturated carbocycles. The van der Waals surface area contributed by atoms with Crippen LogP contribution in [-0.2, 0) is 0 Å². The summed E-state index contributed by atoms with van der Waals surface area (Å²) in [5.74, 6) is 1.76. The van der Waals surface area contributed by atoms with Crippen LogP contribution in [-0.4, -0.2) is 35.1 Å². The molecule has 0 spiro atoms. The largest absolute Gasteiger partial charge is 0.493 e. The highest BCUT2D eigenvalue weighted by Gasteiger charge is 2.29. The minimum atomic E-state index is 0.0766. The number of rotatable bonds is 3. The Morgan fingerprint density at radius 3 is 2.86 bits per heavy atom. The average molecular weight is 301 g/mol. The van der Waals surface area contributed by atoms with Crippen molar-refractivity contribution < 1.29 is 9.53 Å². The lowest BCUT2D eigenvalue weighted by Crippen LogP contribution is -2.33. The first-order valence-electron chi connectivity index (χ1n) is 7.29. The van der Waals surface area contributed by atoms with E-state index in [9.17, 15) is 4.79 Å². The van der Waals surface area contributed by atoms with Gasteiger partial charge in [0.25, 0.3) is 5.91 Å². The summed E-state index contributed by atoms with van der Waals surface area (Å²) in [5.41, 5.74) is 0.698. The van der Waals surface area contributed by atoms with Crippen LogP contribution in [0.1, 0.15) is 24.2 Å². The van der Waals surface area contributed by atoms with Gasteiger partial charge in [0.2, 0.25) is 0 Å². The van der Waals surface area contributed by atoms with Crippen molar-refractivity contribution in [1.29, 1.82) is 0 Å². The molecule has 3 nitrogen and oxygen atoms in total. The van der Waals surface area contributed by atoms with Gasteiger partial charge in [0, 0.05) is 12.3 Å². The number of carbonyl (C=O) groups is 1. The van der Waals surface area contributed by atoms with Gasteiger partial charge in [-0.2, -0.15) is 0 Å². The van der Waals surface area contributed by atoms with Crippen molar-refractivity contribution in [3.63, 3.8) is 0 Å². The lowest BCUT2D eigenvalue weighted by Gasteiger charge is -2.23. The first-order chi connectivity index (χ1) is 10.2. The Kier molecular flexibility index (Phi) is 4.06. The molecule has 1 aliphatic rings.